The Bertz CT molecular complexity index is 1840. The summed E-state index contributed by atoms with van der Waals surface area (Å²) < 4.78 is 17.3. The lowest BCUT2D eigenvalue weighted by atomic mass is 10.1. The molecule has 2 fully saturated rings. The first kappa shape index (κ1) is 24.4. The third kappa shape index (κ3) is 4.00. The van der Waals surface area contributed by atoms with E-state index in [0.29, 0.717) is 36.3 Å². The third-order valence-electron chi connectivity index (χ3n) is 7.33. The Kier molecular flexibility index (Phi) is 5.61. The maximum absolute atomic E-state index is 12.2. The fourth-order valence-electron chi connectivity index (χ4n) is 5.48. The van der Waals surface area contributed by atoms with Crippen molar-refractivity contribution in [3.8, 4) is 0 Å². The van der Waals surface area contributed by atoms with Gasteiger partial charge >= 0.3 is 0 Å². The number of anilines is 2. The molecule has 2 aliphatic rings. The lowest BCUT2D eigenvalue weighted by Gasteiger charge is -2.15. The van der Waals surface area contributed by atoms with Crippen LogP contribution in [-0.2, 0) is 15.9 Å². The number of nitrogen functional groups attached to an aromatic ring is 2. The number of hydrogen-bond acceptors (Lipinski definition) is 13. The molecule has 40 heavy (non-hydrogen) atoms. The van der Waals surface area contributed by atoms with Gasteiger partial charge in [-0.1, -0.05) is 5.21 Å². The Labute approximate surface area is 223 Å². The van der Waals surface area contributed by atoms with Crippen LogP contribution in [0.4, 0.5) is 11.9 Å². The lowest BCUT2D eigenvalue weighted by molar-refractivity contribution is -0.0287. The van der Waals surface area contributed by atoms with Crippen molar-refractivity contribution in [1.82, 2.24) is 54.0 Å². The molecule has 18 heteroatoms. The number of aromatic amines is 2. The van der Waals surface area contributed by atoms with Gasteiger partial charge in [-0.15, -0.1) is 5.10 Å². The van der Waals surface area contributed by atoms with Gasteiger partial charge in [-0.2, -0.15) is 9.97 Å². The maximum Gasteiger partial charge on any atom is 0.280 e. The number of aliphatic hydroxyl groups is 1. The number of H-pyrrole nitrogens is 2. The molecule has 0 spiro atoms. The molecule has 5 aromatic rings. The first-order valence-corrected chi connectivity index (χ1v) is 12.6. The van der Waals surface area contributed by atoms with Gasteiger partial charge in [-0.25, -0.2) is 14.6 Å². The van der Waals surface area contributed by atoms with Gasteiger partial charge in [-0.05, 0) is 12.8 Å². The minimum absolute atomic E-state index is 0.0139. The van der Waals surface area contributed by atoms with Crippen molar-refractivity contribution in [3.05, 3.63) is 45.3 Å². The van der Waals surface area contributed by atoms with Crippen LogP contribution >= 0.6 is 0 Å². The van der Waals surface area contributed by atoms with Crippen LogP contribution in [0.2, 0.25) is 0 Å². The minimum atomic E-state index is -0.568. The van der Waals surface area contributed by atoms with Crippen LogP contribution in [0.1, 0.15) is 43.5 Å². The average molecular weight is 552 g/mol. The molecule has 7 N–H and O–H groups in total. The van der Waals surface area contributed by atoms with Gasteiger partial charge in [0.1, 0.15) is 18.6 Å². The summed E-state index contributed by atoms with van der Waals surface area (Å²) in [5.41, 5.74) is 12.3. The molecule has 2 saturated heterocycles. The van der Waals surface area contributed by atoms with E-state index in [0.717, 1.165) is 6.42 Å². The second kappa shape index (κ2) is 9.21. The van der Waals surface area contributed by atoms with Crippen LogP contribution in [0.15, 0.2) is 28.4 Å². The summed E-state index contributed by atoms with van der Waals surface area (Å²) in [7, 11) is 0. The Morgan fingerprint density at radius 1 is 0.950 bits per heavy atom. The number of nitrogens with one attached hydrogen (secondary N) is 2. The second-order valence-corrected chi connectivity index (χ2v) is 9.85. The quantitative estimate of drug-likeness (QED) is 0.166. The number of rotatable bonds is 6. The first-order chi connectivity index (χ1) is 19.4. The molecule has 2 aliphatic heterocycles. The summed E-state index contributed by atoms with van der Waals surface area (Å²) in [6.07, 6.45) is 5.61. The fraction of sp³-hybridized carbons (Fsp3) is 0.455. The first-order valence-electron chi connectivity index (χ1n) is 12.6. The van der Waals surface area contributed by atoms with Gasteiger partial charge in [0.15, 0.2) is 22.3 Å². The molecule has 0 amide bonds. The van der Waals surface area contributed by atoms with Crippen LogP contribution in [0.25, 0.3) is 22.3 Å². The van der Waals surface area contributed by atoms with Crippen molar-refractivity contribution in [2.24, 2.45) is 0 Å². The molecule has 5 atom stereocenters. The summed E-state index contributed by atoms with van der Waals surface area (Å²) in [4.78, 5) is 45.8. The van der Waals surface area contributed by atoms with Crippen molar-refractivity contribution >= 4 is 34.2 Å². The van der Waals surface area contributed by atoms with E-state index < -0.39 is 23.5 Å². The number of hydrogen-bond donors (Lipinski definition) is 5. The SMILES string of the molecule is Nc1nc2c(ncn2[C@H]2CC[C@@H](Cc3cn([C@H]4C[C@H](n5cnc6c(=O)[nH]c(N)nc65)O[C@@H]4CO)nn3)O2)c(=O)[nH]1. The van der Waals surface area contributed by atoms with E-state index in [4.69, 9.17) is 20.9 Å². The van der Waals surface area contributed by atoms with Crippen molar-refractivity contribution in [1.29, 1.82) is 0 Å². The largest absolute Gasteiger partial charge is 0.394 e. The highest BCUT2D eigenvalue weighted by Crippen LogP contribution is 2.38. The van der Waals surface area contributed by atoms with Crippen LogP contribution in [0.3, 0.4) is 0 Å². The standard InChI is InChI=1S/C22H25N13O5/c23-21-27-17-15(19(37)29-21)25-7-33(17)13-2-1-10(39-13)3-9-5-35(32-31-9)11-4-14(40-12(11)6-36)34-8-26-16-18(34)28-22(24)30-20(16)38/h5,7-8,10-14,36H,1-4,6H2,(H3,23,27,29,37)(H3,24,28,30,38)/t10-,11-,12+,13+,14+/m0/s1. The molecule has 0 radical (unpaired) electrons. The number of aliphatic hydroxyl groups excluding tert-OH is 1. The molecule has 7 heterocycles. The molecular formula is C22H25N13O5. The van der Waals surface area contributed by atoms with Gasteiger partial charge in [0.05, 0.1) is 37.1 Å². The number of ether oxygens (including phenoxy) is 2. The number of aromatic nitrogens is 11. The van der Waals surface area contributed by atoms with Crippen molar-refractivity contribution in [2.45, 2.75) is 56.4 Å². The molecule has 0 aliphatic carbocycles. The summed E-state index contributed by atoms with van der Waals surface area (Å²) in [6.45, 7) is -0.243. The van der Waals surface area contributed by atoms with Crippen LogP contribution in [0.5, 0.6) is 0 Å². The smallest absolute Gasteiger partial charge is 0.280 e. The van der Waals surface area contributed by atoms with Crippen molar-refractivity contribution in [3.63, 3.8) is 0 Å². The van der Waals surface area contributed by atoms with Gasteiger partial charge in [-0.3, -0.25) is 28.7 Å². The van der Waals surface area contributed by atoms with Gasteiger partial charge in [0, 0.05) is 19.0 Å². The van der Waals surface area contributed by atoms with Gasteiger partial charge in [0.25, 0.3) is 11.1 Å². The molecule has 7 rings (SSSR count). The zero-order chi connectivity index (χ0) is 27.5. The Hall–Kier alpha value is -4.68. The zero-order valence-corrected chi connectivity index (χ0v) is 20.9. The summed E-state index contributed by atoms with van der Waals surface area (Å²) in [5.74, 6) is -0.0138. The highest BCUT2D eigenvalue weighted by Gasteiger charge is 2.39. The molecule has 0 saturated carbocycles. The van der Waals surface area contributed by atoms with Gasteiger partial charge in [0.2, 0.25) is 11.9 Å². The number of nitrogens with two attached hydrogens (primary N) is 2. The van der Waals surface area contributed by atoms with Crippen molar-refractivity contribution in [2.75, 3.05) is 18.1 Å². The predicted octanol–water partition coefficient (Wildman–Crippen LogP) is -1.25. The predicted molar refractivity (Wildman–Crippen MR) is 137 cm³/mol. The highest BCUT2D eigenvalue weighted by molar-refractivity contribution is 5.71. The van der Waals surface area contributed by atoms with Crippen LogP contribution in [0, 0.1) is 0 Å². The second-order valence-electron chi connectivity index (χ2n) is 9.85. The molecular weight excluding hydrogens is 526 g/mol. The fourth-order valence-corrected chi connectivity index (χ4v) is 5.48. The third-order valence-corrected chi connectivity index (χ3v) is 7.33. The molecule has 0 unspecified atom stereocenters. The highest BCUT2D eigenvalue weighted by atomic mass is 16.5. The van der Waals surface area contributed by atoms with Crippen LogP contribution < -0.4 is 22.6 Å². The van der Waals surface area contributed by atoms with E-state index in [2.05, 4.69) is 40.2 Å². The number of imidazole rings is 2. The molecule has 0 bridgehead atoms. The Balaban J connectivity index is 1.06. The van der Waals surface area contributed by atoms with E-state index in [9.17, 15) is 14.7 Å². The summed E-state index contributed by atoms with van der Waals surface area (Å²) >= 11 is 0. The van der Waals surface area contributed by atoms with E-state index in [-0.39, 0.29) is 47.9 Å². The van der Waals surface area contributed by atoms with E-state index in [1.807, 2.05) is 6.20 Å². The molecule has 208 valence electrons. The topological polar surface area (TPSA) is 249 Å². The van der Waals surface area contributed by atoms with E-state index in [1.165, 1.54) is 12.7 Å². The normalized spacial score (nSPS) is 25.0. The minimum Gasteiger partial charge on any atom is -0.394 e. The van der Waals surface area contributed by atoms with E-state index >= 15 is 0 Å². The molecule has 18 nitrogen and oxygen atoms in total. The summed E-state index contributed by atoms with van der Waals surface area (Å²) in [5, 5.41) is 18.6. The maximum atomic E-state index is 12.2. The lowest BCUT2D eigenvalue weighted by Crippen LogP contribution is -2.24. The summed E-state index contributed by atoms with van der Waals surface area (Å²) in [6, 6.07) is -0.322. The van der Waals surface area contributed by atoms with Crippen LogP contribution in [-0.4, -0.2) is 78.0 Å². The Morgan fingerprint density at radius 3 is 2.25 bits per heavy atom. The number of nitrogens with zero attached hydrogens (tertiary/aromatic N) is 9. The molecule has 5 aromatic heterocycles. The monoisotopic (exact) mass is 551 g/mol. The molecule has 0 aromatic carbocycles. The zero-order valence-electron chi connectivity index (χ0n) is 20.9. The van der Waals surface area contributed by atoms with E-state index in [1.54, 1.807) is 13.8 Å². The average Bonchev–Trinajstić information content (AvgIpc) is 3.73. The number of fused-ring (bicyclic) bond motifs is 2. The van der Waals surface area contributed by atoms with Gasteiger partial charge < -0.3 is 26.0 Å². The Morgan fingerprint density at radius 2 is 1.60 bits per heavy atom. The van der Waals surface area contributed by atoms with Crippen molar-refractivity contribution < 1.29 is 14.6 Å².